The fourth-order valence-corrected chi connectivity index (χ4v) is 3.15. The van der Waals surface area contributed by atoms with E-state index in [2.05, 4.69) is 31.3 Å². The maximum absolute atomic E-state index is 12.5. The first kappa shape index (κ1) is 12.9. The molecule has 0 aromatic heterocycles. The highest BCUT2D eigenvalue weighted by molar-refractivity contribution is 5.96. The molecule has 0 radical (unpaired) electrons. The molecule has 102 valence electrons. The molecule has 0 aliphatic heterocycles. The van der Waals surface area contributed by atoms with Crippen molar-refractivity contribution in [3.8, 4) is 0 Å². The van der Waals surface area contributed by atoms with Crippen molar-refractivity contribution in [2.75, 3.05) is 5.32 Å². The van der Waals surface area contributed by atoms with Crippen LogP contribution < -0.4 is 5.32 Å². The molecule has 0 heterocycles. The third-order valence-corrected chi connectivity index (χ3v) is 4.31. The molecule has 2 nitrogen and oxygen atoms in total. The van der Waals surface area contributed by atoms with Crippen molar-refractivity contribution >= 4 is 11.6 Å². The Labute approximate surface area is 119 Å². The molecule has 1 aliphatic carbocycles. The van der Waals surface area contributed by atoms with Gasteiger partial charge in [0.15, 0.2) is 0 Å². The first-order chi connectivity index (χ1) is 9.60. The summed E-state index contributed by atoms with van der Waals surface area (Å²) in [5.74, 6) is 0.479. The Morgan fingerprint density at radius 2 is 1.50 bits per heavy atom. The molecule has 2 heteroatoms. The number of hydrogen-bond donors (Lipinski definition) is 1. The van der Waals surface area contributed by atoms with E-state index in [4.69, 9.17) is 0 Å². The molecule has 1 fully saturated rings. The Morgan fingerprint density at radius 1 is 0.950 bits per heavy atom. The van der Waals surface area contributed by atoms with Gasteiger partial charge in [-0.05, 0) is 23.1 Å². The van der Waals surface area contributed by atoms with Gasteiger partial charge in [0.2, 0.25) is 5.91 Å². The van der Waals surface area contributed by atoms with Crippen molar-refractivity contribution in [2.45, 2.75) is 19.8 Å². The van der Waals surface area contributed by atoms with E-state index in [1.165, 1.54) is 5.56 Å². The monoisotopic (exact) mass is 265 g/mol. The molecule has 1 aliphatic rings. The first-order valence-electron chi connectivity index (χ1n) is 7.01. The zero-order valence-corrected chi connectivity index (χ0v) is 11.8. The molecule has 0 saturated heterocycles. The van der Waals surface area contributed by atoms with E-state index in [1.807, 2.05) is 48.5 Å². The topological polar surface area (TPSA) is 29.1 Å². The van der Waals surface area contributed by atoms with Crippen molar-refractivity contribution < 1.29 is 4.79 Å². The SMILES string of the molecule is CC1(C)[C@H](C(=O)Nc2ccccc2)[C@H]1c1ccccc1. The van der Waals surface area contributed by atoms with Gasteiger partial charge in [-0.15, -0.1) is 0 Å². The van der Waals surface area contributed by atoms with Gasteiger partial charge in [0, 0.05) is 11.6 Å². The lowest BCUT2D eigenvalue weighted by Crippen LogP contribution is -2.16. The number of rotatable bonds is 3. The van der Waals surface area contributed by atoms with Gasteiger partial charge in [-0.1, -0.05) is 62.4 Å². The second-order valence-corrected chi connectivity index (χ2v) is 6.04. The molecule has 2 aromatic rings. The molecule has 0 spiro atoms. The molecule has 1 saturated carbocycles. The van der Waals surface area contributed by atoms with Crippen molar-refractivity contribution in [3.05, 3.63) is 66.2 Å². The first-order valence-corrected chi connectivity index (χ1v) is 7.01. The van der Waals surface area contributed by atoms with Crippen LogP contribution in [0.2, 0.25) is 0 Å². The van der Waals surface area contributed by atoms with Crippen molar-refractivity contribution in [3.63, 3.8) is 0 Å². The van der Waals surface area contributed by atoms with Crippen LogP contribution in [0.4, 0.5) is 5.69 Å². The fraction of sp³-hybridized carbons (Fsp3) is 0.278. The highest BCUT2D eigenvalue weighted by atomic mass is 16.2. The van der Waals surface area contributed by atoms with E-state index in [0.717, 1.165) is 5.69 Å². The third-order valence-electron chi connectivity index (χ3n) is 4.31. The summed E-state index contributed by atoms with van der Waals surface area (Å²) in [4.78, 5) is 12.5. The largest absolute Gasteiger partial charge is 0.326 e. The molecule has 0 bridgehead atoms. The number of anilines is 1. The normalized spacial score (nSPS) is 23.1. The minimum atomic E-state index is 0.0280. The summed E-state index contributed by atoms with van der Waals surface area (Å²) in [5, 5.41) is 3.02. The summed E-state index contributed by atoms with van der Waals surface area (Å²) in [6.45, 7) is 4.33. The summed E-state index contributed by atoms with van der Waals surface area (Å²) in [5.41, 5.74) is 2.15. The summed E-state index contributed by atoms with van der Waals surface area (Å²) in [6.07, 6.45) is 0. The lowest BCUT2D eigenvalue weighted by Gasteiger charge is -2.05. The van der Waals surface area contributed by atoms with Gasteiger partial charge in [-0.25, -0.2) is 0 Å². The Hall–Kier alpha value is -2.09. The van der Waals surface area contributed by atoms with Gasteiger partial charge in [-0.2, -0.15) is 0 Å². The highest BCUT2D eigenvalue weighted by Crippen LogP contribution is 2.64. The molecule has 1 amide bonds. The van der Waals surface area contributed by atoms with Crippen LogP contribution in [0.25, 0.3) is 0 Å². The molecule has 0 unspecified atom stereocenters. The van der Waals surface area contributed by atoms with E-state index in [9.17, 15) is 4.79 Å². The number of carbonyl (C=O) groups is 1. The van der Waals surface area contributed by atoms with Crippen molar-refractivity contribution in [2.24, 2.45) is 11.3 Å². The standard InChI is InChI=1S/C18H19NO/c1-18(2)15(13-9-5-3-6-10-13)16(18)17(20)19-14-11-7-4-8-12-14/h3-12,15-16H,1-2H3,(H,19,20)/t15-,16+/m1/s1. The maximum Gasteiger partial charge on any atom is 0.228 e. The summed E-state index contributed by atoms with van der Waals surface area (Å²) in [6, 6.07) is 20.0. The van der Waals surface area contributed by atoms with Crippen LogP contribution in [-0.2, 0) is 4.79 Å². The third kappa shape index (κ3) is 2.22. The second-order valence-electron chi connectivity index (χ2n) is 6.04. The molecular formula is C18H19NO. The van der Waals surface area contributed by atoms with E-state index >= 15 is 0 Å². The van der Waals surface area contributed by atoms with Crippen LogP contribution in [0, 0.1) is 11.3 Å². The smallest absolute Gasteiger partial charge is 0.228 e. The van der Waals surface area contributed by atoms with Crippen LogP contribution in [0.5, 0.6) is 0 Å². The number of hydrogen-bond acceptors (Lipinski definition) is 1. The Balaban J connectivity index is 1.76. The van der Waals surface area contributed by atoms with Crippen LogP contribution in [0.1, 0.15) is 25.3 Å². The second kappa shape index (κ2) is 4.78. The maximum atomic E-state index is 12.5. The zero-order valence-electron chi connectivity index (χ0n) is 11.8. The van der Waals surface area contributed by atoms with Crippen molar-refractivity contribution in [1.82, 2.24) is 0 Å². The summed E-state index contributed by atoms with van der Waals surface area (Å²) in [7, 11) is 0. The van der Waals surface area contributed by atoms with Crippen LogP contribution in [0.3, 0.4) is 0 Å². The average Bonchev–Trinajstić information content (AvgIpc) is 3.04. The predicted molar refractivity (Wildman–Crippen MR) is 81.5 cm³/mol. The van der Waals surface area contributed by atoms with E-state index < -0.39 is 0 Å². The van der Waals surface area contributed by atoms with Crippen LogP contribution in [0.15, 0.2) is 60.7 Å². The summed E-state index contributed by atoms with van der Waals surface area (Å²) < 4.78 is 0. The molecule has 2 aromatic carbocycles. The average molecular weight is 265 g/mol. The molecule has 1 N–H and O–H groups in total. The van der Waals surface area contributed by atoms with Gasteiger partial charge in [0.05, 0.1) is 5.92 Å². The van der Waals surface area contributed by atoms with Gasteiger partial charge in [-0.3, -0.25) is 4.79 Å². The number of nitrogens with one attached hydrogen (secondary N) is 1. The van der Waals surface area contributed by atoms with Gasteiger partial charge in [0.25, 0.3) is 0 Å². The van der Waals surface area contributed by atoms with Crippen LogP contribution in [-0.4, -0.2) is 5.91 Å². The number of carbonyl (C=O) groups excluding carboxylic acids is 1. The lowest BCUT2D eigenvalue weighted by molar-refractivity contribution is -0.118. The van der Waals surface area contributed by atoms with Gasteiger partial charge < -0.3 is 5.32 Å². The fourth-order valence-electron chi connectivity index (χ4n) is 3.15. The zero-order chi connectivity index (χ0) is 14.2. The van der Waals surface area contributed by atoms with Crippen LogP contribution >= 0.6 is 0 Å². The summed E-state index contributed by atoms with van der Waals surface area (Å²) >= 11 is 0. The number of amides is 1. The van der Waals surface area contributed by atoms with Crippen molar-refractivity contribution in [1.29, 1.82) is 0 Å². The van der Waals surface area contributed by atoms with Gasteiger partial charge >= 0.3 is 0 Å². The number of benzene rings is 2. The Kier molecular flexibility index (Phi) is 3.09. The van der Waals surface area contributed by atoms with E-state index in [1.54, 1.807) is 0 Å². The van der Waals surface area contributed by atoms with E-state index in [-0.39, 0.29) is 17.2 Å². The molecule has 2 atom stereocenters. The molecule has 20 heavy (non-hydrogen) atoms. The highest BCUT2D eigenvalue weighted by Gasteiger charge is 2.62. The Bertz CT molecular complexity index is 604. The minimum absolute atomic E-state index is 0.0280. The Morgan fingerprint density at radius 3 is 2.10 bits per heavy atom. The lowest BCUT2D eigenvalue weighted by atomic mass is 10.0. The minimum Gasteiger partial charge on any atom is -0.326 e. The molecule has 3 rings (SSSR count). The van der Waals surface area contributed by atoms with E-state index in [0.29, 0.717) is 5.92 Å². The van der Waals surface area contributed by atoms with Gasteiger partial charge in [0.1, 0.15) is 0 Å². The number of para-hydroxylation sites is 1. The quantitative estimate of drug-likeness (QED) is 0.890. The predicted octanol–water partition coefficient (Wildman–Crippen LogP) is 4.06. The molecular weight excluding hydrogens is 246 g/mol.